The fraction of sp³-hybridized carbons (Fsp3) is 0.227. The van der Waals surface area contributed by atoms with Gasteiger partial charge in [-0.05, 0) is 56.7 Å². The Morgan fingerprint density at radius 3 is 2.61 bits per heavy atom. The Labute approximate surface area is 207 Å². The number of ether oxygens (including phenoxy) is 2. The zero-order chi connectivity index (χ0) is 24.3. The molecule has 3 N–H and O–H groups in total. The van der Waals surface area contributed by atoms with Gasteiger partial charge in [-0.1, -0.05) is 27.5 Å². The minimum absolute atomic E-state index is 0.00893. The Kier molecular flexibility index (Phi) is 7.83. The van der Waals surface area contributed by atoms with Crippen LogP contribution in [0.15, 0.2) is 39.2 Å². The number of amides is 2. The predicted molar refractivity (Wildman–Crippen MR) is 128 cm³/mol. The Morgan fingerprint density at radius 2 is 1.97 bits per heavy atom. The summed E-state index contributed by atoms with van der Waals surface area (Å²) in [5.74, 6) is -1.14. The minimum Gasteiger partial charge on any atom is -0.484 e. The first-order chi connectivity index (χ1) is 15.6. The molecule has 2 heterocycles. The topological polar surface area (TPSA) is 121 Å². The number of esters is 1. The van der Waals surface area contributed by atoms with E-state index in [1.807, 2.05) is 0 Å². The van der Waals surface area contributed by atoms with Gasteiger partial charge in [-0.2, -0.15) is 0 Å². The predicted octanol–water partition coefficient (Wildman–Crippen LogP) is 5.56. The van der Waals surface area contributed by atoms with Crippen molar-refractivity contribution in [3.8, 4) is 5.75 Å². The molecule has 0 aliphatic rings. The third-order valence-electron chi connectivity index (χ3n) is 4.29. The van der Waals surface area contributed by atoms with E-state index in [1.165, 1.54) is 6.07 Å². The molecule has 0 radical (unpaired) electrons. The van der Waals surface area contributed by atoms with Gasteiger partial charge in [0.2, 0.25) is 0 Å². The van der Waals surface area contributed by atoms with Crippen LogP contribution in [-0.2, 0) is 11.3 Å². The fourth-order valence-electron chi connectivity index (χ4n) is 2.84. The lowest BCUT2D eigenvalue weighted by Crippen LogP contribution is -2.17. The summed E-state index contributed by atoms with van der Waals surface area (Å²) in [4.78, 5) is 37.2. The highest BCUT2D eigenvalue weighted by Gasteiger charge is 2.27. The quantitative estimate of drug-likeness (QED) is 0.351. The van der Waals surface area contributed by atoms with Gasteiger partial charge >= 0.3 is 5.97 Å². The van der Waals surface area contributed by atoms with Crippen molar-refractivity contribution in [1.82, 2.24) is 0 Å². The molecule has 1 aromatic carbocycles. The average molecular weight is 556 g/mol. The van der Waals surface area contributed by atoms with Gasteiger partial charge in [0.25, 0.3) is 11.8 Å². The summed E-state index contributed by atoms with van der Waals surface area (Å²) in [6.07, 6.45) is -0.385. The van der Waals surface area contributed by atoms with Crippen molar-refractivity contribution in [3.63, 3.8) is 0 Å². The fourth-order valence-corrected chi connectivity index (χ4v) is 4.61. The van der Waals surface area contributed by atoms with Gasteiger partial charge in [0, 0.05) is 4.47 Å². The van der Waals surface area contributed by atoms with E-state index >= 15 is 0 Å². The second kappa shape index (κ2) is 10.4. The molecular formula is C22H20BrClN2O6S. The summed E-state index contributed by atoms with van der Waals surface area (Å²) in [7, 11) is 0. The van der Waals surface area contributed by atoms with Crippen molar-refractivity contribution in [2.24, 2.45) is 5.73 Å². The molecule has 3 rings (SSSR count). The number of furan rings is 1. The molecule has 0 aliphatic carbocycles. The number of nitrogens with two attached hydrogens (primary N) is 1. The van der Waals surface area contributed by atoms with Crippen molar-refractivity contribution in [2.75, 3.05) is 5.32 Å². The van der Waals surface area contributed by atoms with E-state index in [2.05, 4.69) is 21.2 Å². The van der Waals surface area contributed by atoms with Gasteiger partial charge in [-0.15, -0.1) is 11.3 Å². The number of hydrogen-bond acceptors (Lipinski definition) is 7. The first kappa shape index (κ1) is 24.8. The van der Waals surface area contributed by atoms with Crippen molar-refractivity contribution in [2.45, 2.75) is 33.5 Å². The molecule has 11 heteroatoms. The SMILES string of the molecule is Cc1c(C(N)=O)sc(NC(=O)c2ccc(COc3ccc(Br)cc3Cl)o2)c1C(=O)OC(C)C. The van der Waals surface area contributed by atoms with Crippen LogP contribution in [0.2, 0.25) is 5.02 Å². The third kappa shape index (κ3) is 5.95. The minimum atomic E-state index is -0.708. The zero-order valence-electron chi connectivity index (χ0n) is 17.9. The smallest absolute Gasteiger partial charge is 0.341 e. The summed E-state index contributed by atoms with van der Waals surface area (Å²) in [6, 6.07) is 8.25. The normalized spacial score (nSPS) is 10.8. The van der Waals surface area contributed by atoms with Crippen molar-refractivity contribution in [3.05, 3.63) is 67.4 Å². The Morgan fingerprint density at radius 1 is 1.24 bits per heavy atom. The summed E-state index contributed by atoms with van der Waals surface area (Å²) in [6.45, 7) is 5.00. The average Bonchev–Trinajstić information content (AvgIpc) is 3.31. The molecular weight excluding hydrogens is 536 g/mol. The number of carbonyl (C=O) groups is 3. The Balaban J connectivity index is 1.76. The second-order valence-corrected chi connectivity index (χ2v) is 9.51. The van der Waals surface area contributed by atoms with Crippen LogP contribution in [0.1, 0.15) is 55.8 Å². The van der Waals surface area contributed by atoms with E-state index in [-0.39, 0.29) is 33.9 Å². The second-order valence-electron chi connectivity index (χ2n) is 7.16. The van der Waals surface area contributed by atoms with Gasteiger partial charge in [-0.3, -0.25) is 9.59 Å². The van der Waals surface area contributed by atoms with Crippen LogP contribution in [0.5, 0.6) is 5.75 Å². The largest absolute Gasteiger partial charge is 0.484 e. The molecule has 2 aromatic heterocycles. The van der Waals surface area contributed by atoms with E-state index in [0.717, 1.165) is 15.8 Å². The van der Waals surface area contributed by atoms with Crippen molar-refractivity contribution in [1.29, 1.82) is 0 Å². The molecule has 3 aromatic rings. The van der Waals surface area contributed by atoms with E-state index in [4.69, 9.17) is 31.2 Å². The molecule has 0 saturated heterocycles. The van der Waals surface area contributed by atoms with Gasteiger partial charge in [0.15, 0.2) is 5.76 Å². The number of rotatable bonds is 8. The van der Waals surface area contributed by atoms with E-state index in [9.17, 15) is 14.4 Å². The van der Waals surface area contributed by atoms with Gasteiger partial charge in [0.05, 0.1) is 21.6 Å². The number of nitrogens with one attached hydrogen (secondary N) is 1. The summed E-state index contributed by atoms with van der Waals surface area (Å²) in [5.41, 5.74) is 5.83. The number of hydrogen-bond donors (Lipinski definition) is 2. The molecule has 174 valence electrons. The molecule has 8 nitrogen and oxygen atoms in total. The summed E-state index contributed by atoms with van der Waals surface area (Å²) in [5, 5.41) is 3.18. The summed E-state index contributed by atoms with van der Waals surface area (Å²) >= 11 is 10.3. The standard InChI is InChI=1S/C22H20BrClN2O6S/c1-10(2)31-22(29)17-11(3)18(19(25)27)33-21(17)26-20(28)16-7-5-13(32-16)9-30-15-6-4-12(23)8-14(15)24/h4-8,10H,9H2,1-3H3,(H2,25,27)(H,26,28). The molecule has 0 spiro atoms. The van der Waals surface area contributed by atoms with Crippen LogP contribution in [0, 0.1) is 6.92 Å². The molecule has 2 amide bonds. The lowest BCUT2D eigenvalue weighted by Gasteiger charge is -2.10. The number of carbonyl (C=O) groups excluding carboxylic acids is 3. The molecule has 0 atom stereocenters. The maximum Gasteiger partial charge on any atom is 0.341 e. The Hall–Kier alpha value is -2.82. The number of thiophene rings is 1. The highest BCUT2D eigenvalue weighted by atomic mass is 79.9. The molecule has 0 aliphatic heterocycles. The highest BCUT2D eigenvalue weighted by Crippen LogP contribution is 2.34. The van der Waals surface area contributed by atoms with Gasteiger partial charge < -0.3 is 24.9 Å². The van der Waals surface area contributed by atoms with E-state index in [0.29, 0.717) is 22.1 Å². The lowest BCUT2D eigenvalue weighted by atomic mass is 10.1. The zero-order valence-corrected chi connectivity index (χ0v) is 21.0. The maximum absolute atomic E-state index is 12.7. The third-order valence-corrected chi connectivity index (χ3v) is 6.30. The van der Waals surface area contributed by atoms with Crippen LogP contribution in [0.25, 0.3) is 0 Å². The molecule has 0 fully saturated rings. The van der Waals surface area contributed by atoms with Crippen LogP contribution in [0.4, 0.5) is 5.00 Å². The lowest BCUT2D eigenvalue weighted by molar-refractivity contribution is 0.0379. The van der Waals surface area contributed by atoms with Crippen LogP contribution in [-0.4, -0.2) is 23.9 Å². The maximum atomic E-state index is 12.7. The molecule has 0 bridgehead atoms. The molecule has 33 heavy (non-hydrogen) atoms. The number of halogens is 2. The van der Waals surface area contributed by atoms with Gasteiger partial charge in [0.1, 0.15) is 23.1 Å². The number of anilines is 1. The first-order valence-corrected chi connectivity index (χ1v) is 11.7. The van der Waals surface area contributed by atoms with Gasteiger partial charge in [-0.25, -0.2) is 4.79 Å². The number of benzene rings is 1. The van der Waals surface area contributed by atoms with E-state index < -0.39 is 17.8 Å². The Bertz CT molecular complexity index is 1220. The van der Waals surface area contributed by atoms with Crippen LogP contribution < -0.4 is 15.8 Å². The highest BCUT2D eigenvalue weighted by molar-refractivity contribution is 9.10. The van der Waals surface area contributed by atoms with E-state index in [1.54, 1.807) is 45.0 Å². The van der Waals surface area contributed by atoms with Crippen LogP contribution >= 0.6 is 38.9 Å². The molecule has 0 unspecified atom stereocenters. The first-order valence-electron chi connectivity index (χ1n) is 9.69. The van der Waals surface area contributed by atoms with Crippen molar-refractivity contribution >= 4 is 61.7 Å². The molecule has 0 saturated carbocycles. The van der Waals surface area contributed by atoms with Crippen LogP contribution in [0.3, 0.4) is 0 Å². The van der Waals surface area contributed by atoms with Crippen molar-refractivity contribution < 1.29 is 28.3 Å². The number of primary amides is 1. The summed E-state index contributed by atoms with van der Waals surface area (Å²) < 4.78 is 17.3. The monoisotopic (exact) mass is 554 g/mol.